The average molecular weight is 259 g/mol. The van der Waals surface area contributed by atoms with Crippen LogP contribution in [0, 0.1) is 0 Å². The highest BCUT2D eigenvalue weighted by Gasteiger charge is 2.25. The summed E-state index contributed by atoms with van der Waals surface area (Å²) in [7, 11) is 0. The highest BCUT2D eigenvalue weighted by Crippen LogP contribution is 2.29. The van der Waals surface area contributed by atoms with Crippen LogP contribution in [0.4, 0.5) is 5.69 Å². The summed E-state index contributed by atoms with van der Waals surface area (Å²) in [6, 6.07) is 18.5. The third-order valence-corrected chi connectivity index (χ3v) is 3.49. The van der Waals surface area contributed by atoms with Gasteiger partial charge in [-0.25, -0.2) is 0 Å². The Kier molecular flexibility index (Phi) is 3.22. The van der Waals surface area contributed by atoms with Crippen LogP contribution in [0.2, 0.25) is 5.02 Å². The minimum Gasteiger partial charge on any atom is -0.351 e. The molecule has 0 bridgehead atoms. The fourth-order valence-corrected chi connectivity index (χ4v) is 2.61. The van der Waals surface area contributed by atoms with E-state index in [1.165, 1.54) is 11.3 Å². The van der Waals surface area contributed by atoms with Gasteiger partial charge in [-0.3, -0.25) is 5.32 Å². The van der Waals surface area contributed by atoms with Crippen molar-refractivity contribution in [3.63, 3.8) is 0 Å². The number of hydrogen-bond donors (Lipinski definition) is 1. The zero-order valence-corrected chi connectivity index (χ0v) is 10.8. The summed E-state index contributed by atoms with van der Waals surface area (Å²) < 4.78 is 0. The van der Waals surface area contributed by atoms with E-state index >= 15 is 0 Å². The van der Waals surface area contributed by atoms with E-state index < -0.39 is 0 Å². The van der Waals surface area contributed by atoms with Crippen molar-refractivity contribution in [2.24, 2.45) is 0 Å². The van der Waals surface area contributed by atoms with Gasteiger partial charge in [0.2, 0.25) is 0 Å². The maximum atomic E-state index is 6.07. The Morgan fingerprint density at radius 1 is 1.06 bits per heavy atom. The van der Waals surface area contributed by atoms with E-state index in [0.29, 0.717) is 0 Å². The van der Waals surface area contributed by atoms with Crippen LogP contribution in [0.15, 0.2) is 54.6 Å². The molecule has 1 saturated heterocycles. The second-order valence-corrected chi connectivity index (χ2v) is 4.88. The second-order valence-electron chi connectivity index (χ2n) is 4.44. The van der Waals surface area contributed by atoms with Crippen molar-refractivity contribution in [2.45, 2.75) is 6.17 Å². The third-order valence-electron chi connectivity index (χ3n) is 3.26. The van der Waals surface area contributed by atoms with E-state index in [1.807, 2.05) is 24.3 Å². The molecule has 1 unspecified atom stereocenters. The quantitative estimate of drug-likeness (QED) is 0.888. The first-order valence-electron chi connectivity index (χ1n) is 6.15. The molecule has 2 aromatic carbocycles. The van der Waals surface area contributed by atoms with Crippen molar-refractivity contribution in [3.8, 4) is 0 Å². The lowest BCUT2D eigenvalue weighted by atomic mass is 10.1. The highest BCUT2D eigenvalue weighted by atomic mass is 35.5. The second kappa shape index (κ2) is 5.01. The minimum atomic E-state index is 0.240. The number of rotatable bonds is 2. The topological polar surface area (TPSA) is 15.3 Å². The zero-order valence-electron chi connectivity index (χ0n) is 10.0. The van der Waals surface area contributed by atoms with E-state index in [1.54, 1.807) is 0 Å². The molecule has 1 fully saturated rings. The number of nitrogens with zero attached hydrogens (tertiary/aromatic N) is 1. The number of benzene rings is 2. The fourth-order valence-electron chi connectivity index (χ4n) is 2.43. The molecule has 2 nitrogen and oxygen atoms in total. The highest BCUT2D eigenvalue weighted by molar-refractivity contribution is 6.30. The van der Waals surface area contributed by atoms with Crippen molar-refractivity contribution in [1.29, 1.82) is 0 Å². The Morgan fingerprint density at radius 2 is 1.89 bits per heavy atom. The summed E-state index contributed by atoms with van der Waals surface area (Å²) in [5.41, 5.74) is 2.45. The van der Waals surface area contributed by atoms with Crippen LogP contribution < -0.4 is 10.2 Å². The van der Waals surface area contributed by atoms with E-state index in [4.69, 9.17) is 11.6 Å². The monoisotopic (exact) mass is 258 g/mol. The molecule has 1 aliphatic heterocycles. The number of nitrogens with one attached hydrogen (secondary N) is 1. The Hall–Kier alpha value is -1.51. The van der Waals surface area contributed by atoms with Gasteiger partial charge in [0, 0.05) is 23.8 Å². The van der Waals surface area contributed by atoms with Gasteiger partial charge in [0.1, 0.15) is 6.17 Å². The Morgan fingerprint density at radius 3 is 2.67 bits per heavy atom. The van der Waals surface area contributed by atoms with Crippen LogP contribution in [-0.4, -0.2) is 13.1 Å². The molecule has 0 amide bonds. The van der Waals surface area contributed by atoms with Gasteiger partial charge < -0.3 is 4.90 Å². The normalized spacial score (nSPS) is 19.2. The number of anilines is 1. The molecule has 0 saturated carbocycles. The molecule has 1 aliphatic rings. The summed E-state index contributed by atoms with van der Waals surface area (Å²) >= 11 is 6.07. The van der Waals surface area contributed by atoms with Gasteiger partial charge in [0.15, 0.2) is 0 Å². The predicted molar refractivity (Wildman–Crippen MR) is 76.0 cm³/mol. The smallest absolute Gasteiger partial charge is 0.106 e. The summed E-state index contributed by atoms with van der Waals surface area (Å²) in [5, 5.41) is 4.31. The maximum Gasteiger partial charge on any atom is 0.106 e. The Balaban J connectivity index is 1.92. The van der Waals surface area contributed by atoms with Gasteiger partial charge in [-0.2, -0.15) is 0 Å². The Bertz CT molecular complexity index is 527. The van der Waals surface area contributed by atoms with Gasteiger partial charge in [0.25, 0.3) is 0 Å². The van der Waals surface area contributed by atoms with Gasteiger partial charge in [-0.15, -0.1) is 0 Å². The molecule has 1 atom stereocenters. The number of hydrogen-bond acceptors (Lipinski definition) is 2. The van der Waals surface area contributed by atoms with Crippen LogP contribution in [0.3, 0.4) is 0 Å². The first-order chi connectivity index (χ1) is 8.84. The lowest BCUT2D eigenvalue weighted by Crippen LogP contribution is -2.27. The zero-order chi connectivity index (χ0) is 12.4. The molecule has 0 aliphatic carbocycles. The largest absolute Gasteiger partial charge is 0.351 e. The SMILES string of the molecule is Clc1cccc(N2CCNC2c2ccccc2)c1. The van der Waals surface area contributed by atoms with E-state index in [2.05, 4.69) is 40.5 Å². The van der Waals surface area contributed by atoms with Crippen LogP contribution in [-0.2, 0) is 0 Å². The van der Waals surface area contributed by atoms with Crippen molar-refractivity contribution in [1.82, 2.24) is 5.32 Å². The van der Waals surface area contributed by atoms with Crippen molar-refractivity contribution in [3.05, 3.63) is 65.2 Å². The van der Waals surface area contributed by atoms with Crippen LogP contribution in [0.25, 0.3) is 0 Å². The molecule has 0 radical (unpaired) electrons. The molecule has 92 valence electrons. The molecular formula is C15H15ClN2. The molecule has 1 heterocycles. The summed E-state index contributed by atoms with van der Waals surface area (Å²) in [6.07, 6.45) is 0.240. The van der Waals surface area contributed by atoms with Crippen molar-refractivity contribution < 1.29 is 0 Å². The summed E-state index contributed by atoms with van der Waals surface area (Å²) in [6.45, 7) is 1.99. The standard InChI is InChI=1S/C15H15ClN2/c16-13-7-4-8-14(11-13)18-10-9-17-15(18)12-5-2-1-3-6-12/h1-8,11,15,17H,9-10H2. The first-order valence-corrected chi connectivity index (χ1v) is 6.53. The van der Waals surface area contributed by atoms with Crippen molar-refractivity contribution >= 4 is 17.3 Å². The van der Waals surface area contributed by atoms with E-state index in [9.17, 15) is 0 Å². The molecule has 18 heavy (non-hydrogen) atoms. The summed E-state index contributed by atoms with van der Waals surface area (Å²) in [5.74, 6) is 0. The average Bonchev–Trinajstić information content (AvgIpc) is 2.89. The first kappa shape index (κ1) is 11.6. The van der Waals surface area contributed by atoms with Crippen molar-refractivity contribution in [2.75, 3.05) is 18.0 Å². The van der Waals surface area contributed by atoms with E-state index in [-0.39, 0.29) is 6.17 Å². The molecule has 3 rings (SSSR count). The lowest BCUT2D eigenvalue weighted by Gasteiger charge is -2.26. The van der Waals surface area contributed by atoms with E-state index in [0.717, 1.165) is 18.1 Å². The van der Waals surface area contributed by atoms with Crippen LogP contribution >= 0.6 is 11.6 Å². The van der Waals surface area contributed by atoms with Crippen LogP contribution in [0.1, 0.15) is 11.7 Å². The number of halogens is 1. The fraction of sp³-hybridized carbons (Fsp3) is 0.200. The molecule has 0 aromatic heterocycles. The van der Waals surface area contributed by atoms with Crippen LogP contribution in [0.5, 0.6) is 0 Å². The molecular weight excluding hydrogens is 244 g/mol. The van der Waals surface area contributed by atoms with Gasteiger partial charge in [0.05, 0.1) is 0 Å². The van der Waals surface area contributed by atoms with Gasteiger partial charge in [-0.1, -0.05) is 48.0 Å². The Labute approximate surface area is 112 Å². The molecule has 3 heteroatoms. The van der Waals surface area contributed by atoms with Gasteiger partial charge in [-0.05, 0) is 23.8 Å². The molecule has 0 spiro atoms. The lowest BCUT2D eigenvalue weighted by molar-refractivity contribution is 0.644. The van der Waals surface area contributed by atoms with Gasteiger partial charge >= 0.3 is 0 Å². The predicted octanol–water partition coefficient (Wildman–Crippen LogP) is 3.45. The maximum absolute atomic E-state index is 6.07. The summed E-state index contributed by atoms with van der Waals surface area (Å²) in [4.78, 5) is 2.35. The third kappa shape index (κ3) is 2.22. The molecule has 1 N–H and O–H groups in total. The minimum absolute atomic E-state index is 0.240. The molecule has 2 aromatic rings.